The number of aliphatic hydroxyl groups is 1. The smallest absolute Gasteiger partial charge is 0.222 e. The van der Waals surface area contributed by atoms with Crippen molar-refractivity contribution in [3.63, 3.8) is 0 Å². The molecule has 0 spiro atoms. The normalized spacial score (nSPS) is 17.3. The lowest BCUT2D eigenvalue weighted by Gasteiger charge is -2.38. The predicted octanol–water partition coefficient (Wildman–Crippen LogP) is 2.58. The summed E-state index contributed by atoms with van der Waals surface area (Å²) in [7, 11) is 0. The SMILES string of the molecule is CCC(CO)N1CCN(C(=O)CCCc2ccc(Cl)cc2)CC1. The Kier molecular flexibility index (Phi) is 7.34. The minimum atomic E-state index is 0.200. The van der Waals surface area contributed by atoms with Crippen molar-refractivity contribution in [3.8, 4) is 0 Å². The third-order valence-corrected chi connectivity index (χ3v) is 4.89. The Labute approximate surface area is 144 Å². The van der Waals surface area contributed by atoms with Crippen molar-refractivity contribution in [3.05, 3.63) is 34.9 Å². The van der Waals surface area contributed by atoms with Gasteiger partial charge in [0, 0.05) is 43.7 Å². The van der Waals surface area contributed by atoms with Crippen LogP contribution in [0.4, 0.5) is 0 Å². The van der Waals surface area contributed by atoms with Crippen LogP contribution in [-0.4, -0.2) is 59.6 Å². The first-order valence-electron chi connectivity index (χ1n) is 8.51. The highest BCUT2D eigenvalue weighted by molar-refractivity contribution is 6.30. The number of rotatable bonds is 7. The number of hydrogen-bond donors (Lipinski definition) is 1. The van der Waals surface area contributed by atoms with E-state index in [1.165, 1.54) is 5.56 Å². The molecule has 1 heterocycles. The maximum absolute atomic E-state index is 12.3. The third-order valence-electron chi connectivity index (χ3n) is 4.63. The van der Waals surface area contributed by atoms with Gasteiger partial charge in [-0.05, 0) is 37.0 Å². The van der Waals surface area contributed by atoms with Crippen LogP contribution in [-0.2, 0) is 11.2 Å². The highest BCUT2D eigenvalue weighted by Gasteiger charge is 2.24. The molecule has 1 aliphatic heterocycles. The number of aliphatic hydroxyl groups excluding tert-OH is 1. The fourth-order valence-electron chi connectivity index (χ4n) is 3.09. The number of nitrogens with zero attached hydrogens (tertiary/aromatic N) is 2. The van der Waals surface area contributed by atoms with E-state index < -0.39 is 0 Å². The fourth-order valence-corrected chi connectivity index (χ4v) is 3.22. The zero-order chi connectivity index (χ0) is 16.7. The number of halogens is 1. The molecule has 1 saturated heterocycles. The number of benzene rings is 1. The molecule has 1 aromatic carbocycles. The molecule has 5 heteroatoms. The molecule has 128 valence electrons. The van der Waals surface area contributed by atoms with Gasteiger partial charge in [0.15, 0.2) is 0 Å². The molecule has 0 radical (unpaired) electrons. The Morgan fingerprint density at radius 2 is 1.87 bits per heavy atom. The second-order valence-corrected chi connectivity index (χ2v) is 6.58. The number of amides is 1. The van der Waals surface area contributed by atoms with Crippen molar-refractivity contribution in [1.82, 2.24) is 9.80 Å². The summed E-state index contributed by atoms with van der Waals surface area (Å²) in [4.78, 5) is 16.5. The van der Waals surface area contributed by atoms with Crippen molar-refractivity contribution in [2.75, 3.05) is 32.8 Å². The van der Waals surface area contributed by atoms with E-state index in [-0.39, 0.29) is 18.6 Å². The van der Waals surface area contributed by atoms with Crippen molar-refractivity contribution in [1.29, 1.82) is 0 Å². The van der Waals surface area contributed by atoms with Gasteiger partial charge in [-0.1, -0.05) is 30.7 Å². The summed E-state index contributed by atoms with van der Waals surface area (Å²) < 4.78 is 0. The summed E-state index contributed by atoms with van der Waals surface area (Å²) in [5.41, 5.74) is 1.22. The lowest BCUT2D eigenvalue weighted by atomic mass is 10.1. The lowest BCUT2D eigenvalue weighted by Crippen LogP contribution is -2.52. The minimum absolute atomic E-state index is 0.200. The third kappa shape index (κ3) is 5.48. The molecule has 1 aromatic rings. The molecule has 0 saturated carbocycles. The Hall–Kier alpha value is -1.10. The van der Waals surface area contributed by atoms with Gasteiger partial charge in [-0.2, -0.15) is 0 Å². The Balaban J connectivity index is 1.69. The van der Waals surface area contributed by atoms with E-state index in [0.29, 0.717) is 6.42 Å². The molecular formula is C18H27ClN2O2. The zero-order valence-electron chi connectivity index (χ0n) is 13.9. The van der Waals surface area contributed by atoms with Gasteiger partial charge in [0.05, 0.1) is 6.61 Å². The van der Waals surface area contributed by atoms with Gasteiger partial charge < -0.3 is 10.0 Å². The van der Waals surface area contributed by atoms with Crippen LogP contribution in [0.3, 0.4) is 0 Å². The van der Waals surface area contributed by atoms with E-state index in [9.17, 15) is 9.90 Å². The van der Waals surface area contributed by atoms with Crippen LogP contribution < -0.4 is 0 Å². The summed E-state index contributed by atoms with van der Waals surface area (Å²) in [6.45, 7) is 5.57. The number of aryl methyl sites for hydroxylation is 1. The monoisotopic (exact) mass is 338 g/mol. The second kappa shape index (κ2) is 9.26. The predicted molar refractivity (Wildman–Crippen MR) is 93.7 cm³/mol. The van der Waals surface area contributed by atoms with Crippen LogP contribution >= 0.6 is 11.6 Å². The summed E-state index contributed by atoms with van der Waals surface area (Å²) >= 11 is 5.87. The average molecular weight is 339 g/mol. The van der Waals surface area contributed by atoms with Gasteiger partial charge in [0.2, 0.25) is 5.91 Å². The van der Waals surface area contributed by atoms with Gasteiger partial charge in [0.1, 0.15) is 0 Å². The summed E-state index contributed by atoms with van der Waals surface area (Å²) in [6, 6.07) is 8.06. The van der Waals surface area contributed by atoms with E-state index in [4.69, 9.17) is 11.6 Å². The number of hydrogen-bond acceptors (Lipinski definition) is 3. The van der Waals surface area contributed by atoms with Crippen LogP contribution in [0.15, 0.2) is 24.3 Å². The lowest BCUT2D eigenvalue weighted by molar-refractivity contribution is -0.133. The van der Waals surface area contributed by atoms with Crippen molar-refractivity contribution >= 4 is 17.5 Å². The second-order valence-electron chi connectivity index (χ2n) is 6.14. The first-order chi connectivity index (χ1) is 11.1. The zero-order valence-corrected chi connectivity index (χ0v) is 14.6. The molecule has 1 fully saturated rings. The van der Waals surface area contributed by atoms with E-state index in [0.717, 1.165) is 50.5 Å². The molecule has 1 aliphatic rings. The largest absolute Gasteiger partial charge is 0.395 e. The molecule has 0 aliphatic carbocycles. The molecule has 0 bridgehead atoms. The highest BCUT2D eigenvalue weighted by Crippen LogP contribution is 2.13. The Morgan fingerprint density at radius 1 is 1.22 bits per heavy atom. The minimum Gasteiger partial charge on any atom is -0.395 e. The van der Waals surface area contributed by atoms with Crippen LogP contribution in [0.1, 0.15) is 31.7 Å². The number of carbonyl (C=O) groups excluding carboxylic acids is 1. The number of piperazine rings is 1. The highest BCUT2D eigenvalue weighted by atomic mass is 35.5. The topological polar surface area (TPSA) is 43.8 Å². The molecule has 2 rings (SSSR count). The van der Waals surface area contributed by atoms with Gasteiger partial charge >= 0.3 is 0 Å². The van der Waals surface area contributed by atoms with Crippen LogP contribution in [0.5, 0.6) is 0 Å². The quantitative estimate of drug-likeness (QED) is 0.831. The molecule has 23 heavy (non-hydrogen) atoms. The molecule has 1 atom stereocenters. The number of carbonyl (C=O) groups is 1. The van der Waals surface area contributed by atoms with Crippen LogP contribution in [0, 0.1) is 0 Å². The maximum atomic E-state index is 12.3. The Bertz CT molecular complexity index is 480. The van der Waals surface area contributed by atoms with Crippen molar-refractivity contribution in [2.24, 2.45) is 0 Å². The summed E-state index contributed by atoms with van der Waals surface area (Å²) in [5.74, 6) is 0.246. The van der Waals surface area contributed by atoms with Gasteiger partial charge in [0.25, 0.3) is 0 Å². The average Bonchev–Trinajstić information content (AvgIpc) is 2.58. The molecule has 1 unspecified atom stereocenters. The molecular weight excluding hydrogens is 312 g/mol. The van der Waals surface area contributed by atoms with E-state index >= 15 is 0 Å². The fraction of sp³-hybridized carbons (Fsp3) is 0.611. The first kappa shape index (κ1) is 18.2. The Morgan fingerprint density at radius 3 is 2.43 bits per heavy atom. The van der Waals surface area contributed by atoms with Crippen LogP contribution in [0.2, 0.25) is 5.02 Å². The summed E-state index contributed by atoms with van der Waals surface area (Å²) in [6.07, 6.45) is 3.32. The molecule has 1 amide bonds. The van der Waals surface area contributed by atoms with Crippen molar-refractivity contribution in [2.45, 2.75) is 38.6 Å². The molecule has 1 N–H and O–H groups in total. The standard InChI is InChI=1S/C18H27ClN2O2/c1-2-17(14-22)20-10-12-21(13-11-20)18(23)5-3-4-15-6-8-16(19)9-7-15/h6-9,17,22H,2-5,10-14H2,1H3. The van der Waals surface area contributed by atoms with Crippen LogP contribution in [0.25, 0.3) is 0 Å². The van der Waals surface area contributed by atoms with Gasteiger partial charge in [-0.25, -0.2) is 0 Å². The first-order valence-corrected chi connectivity index (χ1v) is 8.89. The maximum Gasteiger partial charge on any atom is 0.222 e. The molecule has 4 nitrogen and oxygen atoms in total. The van der Waals surface area contributed by atoms with E-state index in [2.05, 4.69) is 11.8 Å². The van der Waals surface area contributed by atoms with Gasteiger partial charge in [-0.15, -0.1) is 0 Å². The van der Waals surface area contributed by atoms with Crippen molar-refractivity contribution < 1.29 is 9.90 Å². The molecule has 0 aromatic heterocycles. The van der Waals surface area contributed by atoms with E-state index in [1.54, 1.807) is 0 Å². The van der Waals surface area contributed by atoms with Gasteiger partial charge in [-0.3, -0.25) is 9.69 Å². The summed E-state index contributed by atoms with van der Waals surface area (Å²) in [5, 5.41) is 10.1. The van der Waals surface area contributed by atoms with E-state index in [1.807, 2.05) is 29.2 Å².